The molecule has 3 N–H and O–H groups in total. The number of carbonyl (C=O) groups excluding carboxylic acids is 1. The van der Waals surface area contributed by atoms with Crippen molar-refractivity contribution in [1.29, 1.82) is 0 Å². The number of nitrogens with zero attached hydrogens (tertiary/aromatic N) is 1. The summed E-state index contributed by atoms with van der Waals surface area (Å²) in [6.07, 6.45) is 2.17. The number of hydrogen-bond acceptors (Lipinski definition) is 4. The van der Waals surface area contributed by atoms with Crippen LogP contribution in [0.15, 0.2) is 18.2 Å². The highest BCUT2D eigenvalue weighted by Crippen LogP contribution is 2.46. The van der Waals surface area contributed by atoms with E-state index in [1.165, 1.54) is 0 Å². The van der Waals surface area contributed by atoms with Gasteiger partial charge in [-0.3, -0.25) is 9.69 Å². The predicted molar refractivity (Wildman–Crippen MR) is 93.3 cm³/mol. The number of aromatic carboxylic acids is 1. The Kier molecular flexibility index (Phi) is 4.84. The second kappa shape index (κ2) is 6.77. The molecule has 0 bridgehead atoms. The normalized spacial score (nSPS) is 26.6. The molecule has 1 aliphatic heterocycles. The van der Waals surface area contributed by atoms with Crippen LogP contribution >= 0.6 is 0 Å². The second-order valence-electron chi connectivity index (χ2n) is 7.56. The lowest BCUT2D eigenvalue weighted by Gasteiger charge is -2.26. The van der Waals surface area contributed by atoms with Gasteiger partial charge in [-0.15, -0.1) is 0 Å². The maximum atomic E-state index is 12.3. The van der Waals surface area contributed by atoms with Crippen molar-refractivity contribution in [2.75, 3.05) is 19.6 Å². The summed E-state index contributed by atoms with van der Waals surface area (Å²) in [6.45, 7) is 5.80. The van der Waals surface area contributed by atoms with Gasteiger partial charge in [0.15, 0.2) is 0 Å². The summed E-state index contributed by atoms with van der Waals surface area (Å²) in [4.78, 5) is 25.3. The highest BCUT2D eigenvalue weighted by atomic mass is 16.4. The molecule has 1 amide bonds. The highest BCUT2D eigenvalue weighted by molar-refractivity contribution is 5.88. The molecule has 1 aromatic carbocycles. The average Bonchev–Trinajstić information content (AvgIpc) is 3.35. The van der Waals surface area contributed by atoms with Gasteiger partial charge in [0.05, 0.1) is 17.7 Å². The number of hydrogen-bond donors (Lipinski definition) is 3. The molecule has 0 unspecified atom stereocenters. The topological polar surface area (TPSA) is 89.9 Å². The molecule has 0 radical (unpaired) electrons. The van der Waals surface area contributed by atoms with Gasteiger partial charge in [-0.1, -0.05) is 13.0 Å². The quantitative estimate of drug-likeness (QED) is 0.724. The lowest BCUT2D eigenvalue weighted by Crippen LogP contribution is -2.41. The van der Waals surface area contributed by atoms with Gasteiger partial charge in [-0.05, 0) is 54.9 Å². The predicted octanol–water partition coefficient (Wildman–Crippen LogP) is 1.40. The molecule has 6 nitrogen and oxygen atoms in total. The van der Waals surface area contributed by atoms with E-state index in [1.807, 2.05) is 11.8 Å². The summed E-state index contributed by atoms with van der Waals surface area (Å²) in [6, 6.07) is 4.91. The summed E-state index contributed by atoms with van der Waals surface area (Å²) in [5.74, 6) is -0.510. The Labute approximate surface area is 147 Å². The van der Waals surface area contributed by atoms with Crippen molar-refractivity contribution in [3.8, 4) is 0 Å². The molecule has 2 aliphatic rings. The first-order valence-corrected chi connectivity index (χ1v) is 8.84. The van der Waals surface area contributed by atoms with Gasteiger partial charge in [-0.25, -0.2) is 4.79 Å². The molecule has 1 saturated heterocycles. The number of carbonyl (C=O) groups is 2. The minimum Gasteiger partial charge on any atom is -0.478 e. The minimum absolute atomic E-state index is 0.104. The Morgan fingerprint density at radius 1 is 1.36 bits per heavy atom. The number of amides is 1. The van der Waals surface area contributed by atoms with Crippen LogP contribution in [-0.2, 0) is 11.3 Å². The second-order valence-corrected chi connectivity index (χ2v) is 7.56. The first-order valence-electron chi connectivity index (χ1n) is 8.84. The molecule has 2 fully saturated rings. The summed E-state index contributed by atoms with van der Waals surface area (Å²) >= 11 is 0. The van der Waals surface area contributed by atoms with Gasteiger partial charge in [0.1, 0.15) is 0 Å². The number of β-amino-alcohol motifs (C(OH)–C–C–N with tert-alkyl or cyclic N) is 1. The van der Waals surface area contributed by atoms with Crippen LogP contribution in [0.2, 0.25) is 0 Å². The number of rotatable bonds is 6. The molecule has 1 aliphatic carbocycles. The third-order valence-electron chi connectivity index (χ3n) is 5.59. The number of likely N-dealkylation sites (tertiary alicyclic amines) is 1. The average molecular weight is 346 g/mol. The Bertz CT molecular complexity index is 686. The SMILES string of the molecule is Cc1ccc(C(=O)O)cc1CNC(=O)CN1C[C@@H](C)[C@](O)(C2CC2)C1. The molecule has 1 aromatic rings. The van der Waals surface area contributed by atoms with Crippen LogP contribution in [0.3, 0.4) is 0 Å². The van der Waals surface area contributed by atoms with Crippen LogP contribution in [0, 0.1) is 18.8 Å². The van der Waals surface area contributed by atoms with Gasteiger partial charge in [0.25, 0.3) is 0 Å². The monoisotopic (exact) mass is 346 g/mol. The van der Waals surface area contributed by atoms with E-state index in [0.29, 0.717) is 19.0 Å². The van der Waals surface area contributed by atoms with Crippen molar-refractivity contribution in [1.82, 2.24) is 10.2 Å². The molecule has 25 heavy (non-hydrogen) atoms. The molecular weight excluding hydrogens is 320 g/mol. The molecule has 0 spiro atoms. The van der Waals surface area contributed by atoms with E-state index in [1.54, 1.807) is 18.2 Å². The van der Waals surface area contributed by atoms with Gasteiger partial charge >= 0.3 is 5.97 Å². The number of nitrogens with one attached hydrogen (secondary N) is 1. The number of benzene rings is 1. The lowest BCUT2D eigenvalue weighted by atomic mass is 9.88. The fourth-order valence-electron chi connectivity index (χ4n) is 3.81. The Hall–Kier alpha value is -1.92. The Balaban J connectivity index is 1.54. The van der Waals surface area contributed by atoms with Crippen LogP contribution in [0.25, 0.3) is 0 Å². The molecule has 1 heterocycles. The molecular formula is C19H26N2O4. The van der Waals surface area contributed by atoms with Crippen LogP contribution in [0.5, 0.6) is 0 Å². The fraction of sp³-hybridized carbons (Fsp3) is 0.579. The van der Waals surface area contributed by atoms with Gasteiger partial charge < -0.3 is 15.5 Å². The van der Waals surface area contributed by atoms with Gasteiger partial charge in [0.2, 0.25) is 5.91 Å². The van der Waals surface area contributed by atoms with E-state index in [-0.39, 0.29) is 23.9 Å². The van der Waals surface area contributed by atoms with Crippen LogP contribution in [0.4, 0.5) is 0 Å². The van der Waals surface area contributed by atoms with E-state index in [9.17, 15) is 14.7 Å². The van der Waals surface area contributed by atoms with Crippen molar-refractivity contribution in [3.63, 3.8) is 0 Å². The smallest absolute Gasteiger partial charge is 0.335 e. The van der Waals surface area contributed by atoms with Crippen LogP contribution in [0.1, 0.15) is 41.3 Å². The number of aryl methyl sites for hydroxylation is 1. The summed E-state index contributed by atoms with van der Waals surface area (Å²) < 4.78 is 0. The van der Waals surface area contributed by atoms with E-state index in [0.717, 1.165) is 30.5 Å². The molecule has 2 atom stereocenters. The third-order valence-corrected chi connectivity index (χ3v) is 5.59. The van der Waals surface area contributed by atoms with E-state index in [2.05, 4.69) is 12.2 Å². The first-order chi connectivity index (χ1) is 11.8. The largest absolute Gasteiger partial charge is 0.478 e. The molecule has 1 saturated carbocycles. The molecule has 136 valence electrons. The first kappa shape index (κ1) is 17.9. The van der Waals surface area contributed by atoms with E-state index >= 15 is 0 Å². The number of aliphatic hydroxyl groups is 1. The van der Waals surface area contributed by atoms with Crippen LogP contribution < -0.4 is 5.32 Å². The summed E-state index contributed by atoms with van der Waals surface area (Å²) in [5.41, 5.74) is 1.32. The number of carboxylic acid groups (broad SMARTS) is 1. The standard InChI is InChI=1S/C19H26N2O4/c1-12-3-4-14(18(23)24)7-15(12)8-20-17(22)10-21-9-13(2)19(25,11-21)16-5-6-16/h3-4,7,13,16,25H,5-6,8-11H2,1-2H3,(H,20,22)(H,23,24)/t13-,19+/m1/s1. The highest BCUT2D eigenvalue weighted by Gasteiger charge is 2.52. The maximum Gasteiger partial charge on any atom is 0.335 e. The zero-order chi connectivity index (χ0) is 18.2. The van der Waals surface area contributed by atoms with E-state index < -0.39 is 11.6 Å². The van der Waals surface area contributed by atoms with Gasteiger partial charge in [-0.2, -0.15) is 0 Å². The molecule has 0 aromatic heterocycles. The Morgan fingerprint density at radius 2 is 2.08 bits per heavy atom. The third kappa shape index (κ3) is 3.85. The van der Waals surface area contributed by atoms with Crippen LogP contribution in [-0.4, -0.2) is 52.2 Å². The molecule has 6 heteroatoms. The van der Waals surface area contributed by atoms with Crippen molar-refractivity contribution < 1.29 is 19.8 Å². The van der Waals surface area contributed by atoms with Crippen molar-refractivity contribution in [2.24, 2.45) is 11.8 Å². The van der Waals surface area contributed by atoms with Crippen molar-refractivity contribution in [2.45, 2.75) is 38.8 Å². The maximum absolute atomic E-state index is 12.3. The fourth-order valence-corrected chi connectivity index (χ4v) is 3.81. The van der Waals surface area contributed by atoms with E-state index in [4.69, 9.17) is 5.11 Å². The zero-order valence-electron chi connectivity index (χ0n) is 14.8. The minimum atomic E-state index is -0.974. The lowest BCUT2D eigenvalue weighted by molar-refractivity contribution is -0.122. The van der Waals surface area contributed by atoms with Crippen molar-refractivity contribution >= 4 is 11.9 Å². The summed E-state index contributed by atoms with van der Waals surface area (Å²) in [7, 11) is 0. The summed E-state index contributed by atoms with van der Waals surface area (Å²) in [5, 5.41) is 22.7. The zero-order valence-corrected chi connectivity index (χ0v) is 14.8. The van der Waals surface area contributed by atoms with Crippen molar-refractivity contribution in [3.05, 3.63) is 34.9 Å². The molecule has 3 rings (SSSR count). The van der Waals surface area contributed by atoms with Gasteiger partial charge in [0, 0.05) is 19.6 Å². The Morgan fingerprint density at radius 3 is 2.72 bits per heavy atom. The number of carboxylic acids is 1.